The summed E-state index contributed by atoms with van der Waals surface area (Å²) in [7, 11) is -4.57. The fourth-order valence-corrected chi connectivity index (χ4v) is 5.41. The van der Waals surface area contributed by atoms with E-state index in [1.54, 1.807) is 0 Å². The highest BCUT2D eigenvalue weighted by Crippen LogP contribution is 2.47. The fraction of sp³-hybridized carbons (Fsp3) is 0.474. The van der Waals surface area contributed by atoms with Gasteiger partial charge in [0, 0.05) is 35.5 Å². The number of alkyl halides is 3. The van der Waals surface area contributed by atoms with E-state index in [4.69, 9.17) is 0 Å². The molecule has 1 N–H and O–H groups in total. The Hall–Kier alpha value is -1.94. The number of rotatable bonds is 3. The number of aliphatic hydroxyl groups excluding tert-OH is 1. The van der Waals surface area contributed by atoms with Crippen LogP contribution in [0.2, 0.25) is 0 Å². The highest BCUT2D eigenvalue weighted by molar-refractivity contribution is 7.91. The highest BCUT2D eigenvalue weighted by Gasteiger charge is 2.48. The Kier molecular flexibility index (Phi) is 4.77. The summed E-state index contributed by atoms with van der Waals surface area (Å²) in [6, 6.07) is -0.670. The van der Waals surface area contributed by atoms with Crippen LogP contribution in [-0.4, -0.2) is 30.0 Å². The van der Waals surface area contributed by atoms with Gasteiger partial charge >= 0.3 is 0 Å². The Morgan fingerprint density at radius 1 is 1.17 bits per heavy atom. The molecule has 2 aliphatic rings. The molecule has 2 atom stereocenters. The van der Waals surface area contributed by atoms with Crippen LogP contribution in [0.15, 0.2) is 23.2 Å². The lowest BCUT2D eigenvalue weighted by molar-refractivity contribution is -0.123. The molecule has 0 bridgehead atoms. The zero-order valence-corrected chi connectivity index (χ0v) is 16.0. The zero-order chi connectivity index (χ0) is 21.1. The second-order valence-corrected chi connectivity index (χ2v) is 9.40. The predicted molar refractivity (Wildman–Crippen MR) is 93.3 cm³/mol. The van der Waals surface area contributed by atoms with Crippen LogP contribution in [0.25, 0.3) is 0 Å². The summed E-state index contributed by atoms with van der Waals surface area (Å²) >= 11 is 0. The summed E-state index contributed by atoms with van der Waals surface area (Å²) in [5.41, 5.74) is 0.148. The van der Waals surface area contributed by atoms with Gasteiger partial charge in [-0.3, -0.25) is 0 Å². The number of hydrogen-bond donors (Lipinski definition) is 1. The molecule has 0 aliphatic heterocycles. The van der Waals surface area contributed by atoms with Crippen molar-refractivity contribution in [2.24, 2.45) is 0 Å². The number of aliphatic hydroxyl groups is 1. The summed E-state index contributed by atoms with van der Waals surface area (Å²) in [6.45, 7) is 0. The van der Waals surface area contributed by atoms with Crippen molar-refractivity contribution >= 4 is 9.84 Å². The molecule has 1 heterocycles. The number of benzene rings is 1. The van der Waals surface area contributed by atoms with Gasteiger partial charge in [-0.05, 0) is 37.3 Å². The van der Waals surface area contributed by atoms with E-state index in [-0.39, 0.29) is 17.7 Å². The molecule has 10 heteroatoms. The monoisotopic (exact) mass is 435 g/mol. The van der Waals surface area contributed by atoms with Gasteiger partial charge in [0.1, 0.15) is 17.7 Å². The first kappa shape index (κ1) is 20.3. The molecule has 4 rings (SSSR count). The van der Waals surface area contributed by atoms with Gasteiger partial charge in [0.2, 0.25) is 9.84 Å². The Morgan fingerprint density at radius 2 is 1.90 bits per heavy atom. The Bertz CT molecular complexity index is 1080. The van der Waals surface area contributed by atoms with Crippen molar-refractivity contribution in [3.63, 3.8) is 0 Å². The minimum Gasteiger partial charge on any atom is -0.382 e. The van der Waals surface area contributed by atoms with E-state index in [1.807, 2.05) is 0 Å². The van der Waals surface area contributed by atoms with Crippen LogP contribution < -0.4 is 0 Å². The van der Waals surface area contributed by atoms with Gasteiger partial charge in [-0.1, -0.05) is 0 Å². The highest BCUT2D eigenvalue weighted by atomic mass is 32.2. The van der Waals surface area contributed by atoms with Crippen molar-refractivity contribution in [1.82, 2.24) is 4.57 Å². The first-order valence-electron chi connectivity index (χ1n) is 9.13. The van der Waals surface area contributed by atoms with Crippen LogP contribution in [0, 0.1) is 11.6 Å². The third-order valence-electron chi connectivity index (χ3n) is 5.76. The van der Waals surface area contributed by atoms with Crippen LogP contribution in [0.3, 0.4) is 0 Å². The van der Waals surface area contributed by atoms with Crippen molar-refractivity contribution in [2.45, 2.75) is 55.1 Å². The van der Waals surface area contributed by atoms with E-state index in [9.17, 15) is 35.5 Å². The third-order valence-corrected chi connectivity index (χ3v) is 7.05. The smallest absolute Gasteiger partial charge is 0.278 e. The van der Waals surface area contributed by atoms with Gasteiger partial charge < -0.3 is 9.67 Å². The number of aryl methyl sites for hydroxylation is 1. The molecular formula is C19H18F5NO3S. The molecule has 1 unspecified atom stereocenters. The van der Waals surface area contributed by atoms with Crippen LogP contribution in [0.4, 0.5) is 22.0 Å². The number of aromatic nitrogens is 1. The van der Waals surface area contributed by atoms with E-state index in [0.29, 0.717) is 24.8 Å². The maximum absolute atomic E-state index is 14.6. The zero-order valence-electron chi connectivity index (χ0n) is 15.1. The van der Waals surface area contributed by atoms with E-state index >= 15 is 0 Å². The standard InChI is InChI=1S/C19H18F5NO3S/c20-9-29(27,28)15-8-25(14-4-5-19(23,24)18(26)17(14)15)13-3-1-2-10-6-11(21)7-12(22)16(10)13/h6-8,13,18,26H,1-5,9H2/t13?,18-/m0/s1. The molecular weight excluding hydrogens is 417 g/mol. The Balaban J connectivity index is 1.96. The number of halogens is 5. The van der Waals surface area contributed by atoms with Gasteiger partial charge in [-0.2, -0.15) is 0 Å². The molecule has 2 aliphatic carbocycles. The summed E-state index contributed by atoms with van der Waals surface area (Å²) < 4.78 is 95.4. The van der Waals surface area contributed by atoms with E-state index in [1.165, 1.54) is 10.6 Å². The quantitative estimate of drug-likeness (QED) is 0.742. The molecule has 0 saturated carbocycles. The minimum absolute atomic E-state index is 0.108. The predicted octanol–water partition coefficient (Wildman–Crippen LogP) is 4.01. The lowest BCUT2D eigenvalue weighted by Crippen LogP contribution is -2.33. The van der Waals surface area contributed by atoms with Crippen molar-refractivity contribution in [3.05, 3.63) is 52.3 Å². The summed E-state index contributed by atoms with van der Waals surface area (Å²) in [6.07, 6.45) is -1.09. The van der Waals surface area contributed by atoms with Crippen LogP contribution in [0.1, 0.15) is 53.8 Å². The first-order valence-corrected chi connectivity index (χ1v) is 10.8. The molecule has 1 aromatic heterocycles. The van der Waals surface area contributed by atoms with Gasteiger partial charge in [-0.25, -0.2) is 30.4 Å². The summed E-state index contributed by atoms with van der Waals surface area (Å²) in [5, 5.41) is 10.2. The van der Waals surface area contributed by atoms with Gasteiger partial charge in [-0.15, -0.1) is 0 Å². The lowest BCUT2D eigenvalue weighted by Gasteiger charge is -2.33. The molecule has 2 aromatic rings. The molecule has 4 nitrogen and oxygen atoms in total. The van der Waals surface area contributed by atoms with Crippen LogP contribution in [0.5, 0.6) is 0 Å². The molecule has 0 fully saturated rings. The molecule has 29 heavy (non-hydrogen) atoms. The summed E-state index contributed by atoms with van der Waals surface area (Å²) in [5.74, 6) is -5.13. The summed E-state index contributed by atoms with van der Waals surface area (Å²) in [4.78, 5) is -0.712. The maximum atomic E-state index is 14.6. The van der Waals surface area contributed by atoms with Gasteiger partial charge in [0.25, 0.3) is 5.92 Å². The average Bonchev–Trinajstić information content (AvgIpc) is 3.05. The van der Waals surface area contributed by atoms with Crippen molar-refractivity contribution in [2.75, 3.05) is 6.01 Å². The number of fused-ring (bicyclic) bond motifs is 2. The molecule has 158 valence electrons. The van der Waals surface area contributed by atoms with Crippen molar-refractivity contribution < 1.29 is 35.5 Å². The van der Waals surface area contributed by atoms with Gasteiger partial charge in [0.15, 0.2) is 6.01 Å². The molecule has 0 saturated heterocycles. The number of nitrogens with zero attached hydrogens (tertiary/aromatic N) is 1. The second kappa shape index (κ2) is 6.80. The van der Waals surface area contributed by atoms with Crippen LogP contribution in [-0.2, 0) is 22.7 Å². The number of hydrogen-bond acceptors (Lipinski definition) is 3. The normalized spacial score (nSPS) is 23.5. The Morgan fingerprint density at radius 3 is 2.59 bits per heavy atom. The molecule has 1 aromatic carbocycles. The van der Waals surface area contributed by atoms with E-state index in [2.05, 4.69) is 0 Å². The van der Waals surface area contributed by atoms with Gasteiger partial charge in [0.05, 0.1) is 10.9 Å². The third kappa shape index (κ3) is 3.16. The van der Waals surface area contributed by atoms with Crippen molar-refractivity contribution in [3.8, 4) is 0 Å². The fourth-order valence-electron chi connectivity index (χ4n) is 4.46. The minimum atomic E-state index is -4.57. The van der Waals surface area contributed by atoms with Crippen LogP contribution >= 0.6 is 0 Å². The Labute approximate surface area is 163 Å². The van der Waals surface area contributed by atoms with E-state index < -0.39 is 62.4 Å². The molecule has 0 radical (unpaired) electrons. The molecule has 0 spiro atoms. The largest absolute Gasteiger partial charge is 0.382 e. The lowest BCUT2D eigenvalue weighted by atomic mass is 9.86. The average molecular weight is 435 g/mol. The maximum Gasteiger partial charge on any atom is 0.278 e. The second-order valence-electron chi connectivity index (χ2n) is 7.52. The number of sulfone groups is 1. The van der Waals surface area contributed by atoms with E-state index in [0.717, 1.165) is 12.3 Å². The SMILES string of the molecule is O=S(=O)(CF)c1cn(C2CCCc3cc(F)cc(F)c32)c2c1[C@H](O)C(F)(F)CC2. The van der Waals surface area contributed by atoms with Crippen molar-refractivity contribution in [1.29, 1.82) is 0 Å². The molecule has 0 amide bonds. The first-order chi connectivity index (χ1) is 13.6. The topological polar surface area (TPSA) is 59.3 Å².